The van der Waals surface area contributed by atoms with E-state index < -0.39 is 0 Å². The maximum atomic E-state index is 11.9. The van der Waals surface area contributed by atoms with Crippen LogP contribution in [0, 0.1) is 13.8 Å². The quantitative estimate of drug-likeness (QED) is 0.630. The lowest BCUT2D eigenvalue weighted by molar-refractivity contribution is -0.122. The van der Waals surface area contributed by atoms with Crippen molar-refractivity contribution in [2.24, 2.45) is 0 Å². The molecule has 0 spiro atoms. The smallest absolute Gasteiger partial charge is 0.232 e. The molecule has 2 rings (SSSR count). The summed E-state index contributed by atoms with van der Waals surface area (Å²) in [6.45, 7) is 3.89. The predicted octanol–water partition coefficient (Wildman–Crippen LogP) is 3.83. The molecular formula is C19H20N2O2. The van der Waals surface area contributed by atoms with Crippen LogP contribution in [0.4, 0.5) is 11.4 Å². The molecule has 0 bridgehead atoms. The number of carbonyl (C=O) groups excluding carboxylic acids is 2. The molecule has 118 valence electrons. The van der Waals surface area contributed by atoms with Gasteiger partial charge in [0, 0.05) is 17.6 Å². The molecular weight excluding hydrogens is 288 g/mol. The van der Waals surface area contributed by atoms with Crippen LogP contribution in [0.5, 0.6) is 0 Å². The van der Waals surface area contributed by atoms with Crippen molar-refractivity contribution in [2.75, 3.05) is 10.6 Å². The lowest BCUT2D eigenvalue weighted by Crippen LogP contribution is -2.16. The first-order valence-corrected chi connectivity index (χ1v) is 7.43. The first-order valence-electron chi connectivity index (χ1n) is 7.43. The summed E-state index contributed by atoms with van der Waals surface area (Å²) < 4.78 is 0. The summed E-state index contributed by atoms with van der Waals surface area (Å²) in [5.41, 5.74) is 3.71. The average Bonchev–Trinajstić information content (AvgIpc) is 2.51. The van der Waals surface area contributed by atoms with Gasteiger partial charge >= 0.3 is 0 Å². The summed E-state index contributed by atoms with van der Waals surface area (Å²) in [7, 11) is 0. The number of carbonyl (C=O) groups is 2. The predicted molar refractivity (Wildman–Crippen MR) is 93.4 cm³/mol. The minimum absolute atomic E-state index is 0.180. The second-order valence-electron chi connectivity index (χ2n) is 5.30. The first-order chi connectivity index (χ1) is 11.1. The van der Waals surface area contributed by atoms with Crippen molar-refractivity contribution in [2.45, 2.75) is 20.3 Å². The fourth-order valence-electron chi connectivity index (χ4n) is 2.08. The van der Waals surface area contributed by atoms with E-state index in [1.54, 1.807) is 6.20 Å². The molecule has 23 heavy (non-hydrogen) atoms. The molecule has 0 saturated carbocycles. The third kappa shape index (κ3) is 5.11. The molecule has 0 aliphatic rings. The molecule has 4 heteroatoms. The van der Waals surface area contributed by atoms with Crippen LogP contribution in [0.25, 0.3) is 0 Å². The van der Waals surface area contributed by atoms with E-state index in [2.05, 4.69) is 10.6 Å². The number of hydrogen-bond acceptors (Lipinski definition) is 3. The fourth-order valence-corrected chi connectivity index (χ4v) is 2.08. The monoisotopic (exact) mass is 308 g/mol. The number of allylic oxidation sites excluding steroid dienone is 1. The van der Waals surface area contributed by atoms with Crippen molar-refractivity contribution in [3.05, 3.63) is 71.9 Å². The molecule has 0 aliphatic carbocycles. The number of anilines is 2. The average molecular weight is 308 g/mol. The van der Waals surface area contributed by atoms with Gasteiger partial charge in [0.05, 0.1) is 6.42 Å². The van der Waals surface area contributed by atoms with E-state index >= 15 is 0 Å². The molecule has 0 aliphatic heterocycles. The van der Waals surface area contributed by atoms with Gasteiger partial charge in [0.15, 0.2) is 5.78 Å². The van der Waals surface area contributed by atoms with E-state index in [-0.39, 0.29) is 18.1 Å². The van der Waals surface area contributed by atoms with Gasteiger partial charge in [0.2, 0.25) is 5.91 Å². The van der Waals surface area contributed by atoms with Crippen LogP contribution in [0.2, 0.25) is 0 Å². The lowest BCUT2D eigenvalue weighted by Gasteiger charge is -2.07. The van der Waals surface area contributed by atoms with E-state index in [0.717, 1.165) is 22.5 Å². The van der Waals surface area contributed by atoms with Gasteiger partial charge in [-0.15, -0.1) is 0 Å². The van der Waals surface area contributed by atoms with Crippen LogP contribution >= 0.6 is 0 Å². The molecule has 2 aromatic carbocycles. The largest absolute Gasteiger partial charge is 0.361 e. The molecule has 4 nitrogen and oxygen atoms in total. The Morgan fingerprint density at radius 2 is 1.48 bits per heavy atom. The van der Waals surface area contributed by atoms with Crippen molar-refractivity contribution in [3.63, 3.8) is 0 Å². The summed E-state index contributed by atoms with van der Waals surface area (Å²) in [6.07, 6.45) is 2.76. The lowest BCUT2D eigenvalue weighted by atomic mass is 10.2. The summed E-state index contributed by atoms with van der Waals surface area (Å²) in [5.74, 6) is -0.568. The number of nitrogens with one attached hydrogen (secondary N) is 2. The van der Waals surface area contributed by atoms with Crippen LogP contribution in [-0.4, -0.2) is 11.7 Å². The van der Waals surface area contributed by atoms with Gasteiger partial charge in [-0.1, -0.05) is 36.4 Å². The van der Waals surface area contributed by atoms with Crippen LogP contribution in [0.15, 0.2) is 60.8 Å². The Morgan fingerprint density at radius 3 is 2.09 bits per heavy atom. The maximum Gasteiger partial charge on any atom is 0.232 e. The Bertz CT molecular complexity index is 736. The number of benzene rings is 2. The Labute approximate surface area is 136 Å². The molecule has 0 saturated heterocycles. The van der Waals surface area contributed by atoms with Crippen molar-refractivity contribution < 1.29 is 9.59 Å². The normalized spacial score (nSPS) is 10.5. The Hall–Kier alpha value is -2.88. The number of ketones is 1. The van der Waals surface area contributed by atoms with Crippen molar-refractivity contribution in [1.82, 2.24) is 0 Å². The second kappa shape index (κ2) is 7.94. The van der Waals surface area contributed by atoms with Crippen LogP contribution in [0.1, 0.15) is 17.5 Å². The van der Waals surface area contributed by atoms with Gasteiger partial charge in [0.1, 0.15) is 0 Å². The number of aryl methyl sites for hydroxylation is 2. The minimum atomic E-state index is -0.315. The molecule has 1 amide bonds. The van der Waals surface area contributed by atoms with Gasteiger partial charge in [0.25, 0.3) is 0 Å². The maximum absolute atomic E-state index is 11.9. The molecule has 2 aromatic rings. The SMILES string of the molecule is Cc1ccccc1N/C=C\C(=O)CC(=O)Nc1ccccc1C. The van der Waals surface area contributed by atoms with Gasteiger partial charge in [-0.2, -0.15) is 0 Å². The summed E-state index contributed by atoms with van der Waals surface area (Å²) in [6, 6.07) is 15.2. The molecule has 2 N–H and O–H groups in total. The highest BCUT2D eigenvalue weighted by Crippen LogP contribution is 2.14. The Balaban J connectivity index is 1.85. The molecule has 0 radical (unpaired) electrons. The highest BCUT2D eigenvalue weighted by atomic mass is 16.2. The van der Waals surface area contributed by atoms with Crippen LogP contribution in [0.3, 0.4) is 0 Å². The van der Waals surface area contributed by atoms with E-state index in [1.165, 1.54) is 6.08 Å². The standard InChI is InChI=1S/C19H20N2O2/c1-14-7-3-5-9-17(14)20-12-11-16(22)13-19(23)21-18-10-6-4-8-15(18)2/h3-12,20H,13H2,1-2H3,(H,21,23)/b12-11-. The topological polar surface area (TPSA) is 58.2 Å². The van der Waals surface area contributed by atoms with E-state index in [9.17, 15) is 9.59 Å². The van der Waals surface area contributed by atoms with E-state index in [4.69, 9.17) is 0 Å². The number of hydrogen-bond donors (Lipinski definition) is 2. The Morgan fingerprint density at radius 1 is 0.913 bits per heavy atom. The van der Waals surface area contributed by atoms with Gasteiger partial charge < -0.3 is 10.6 Å². The van der Waals surface area contributed by atoms with Crippen molar-refractivity contribution in [1.29, 1.82) is 0 Å². The molecule has 0 unspecified atom stereocenters. The zero-order valence-corrected chi connectivity index (χ0v) is 13.3. The number of para-hydroxylation sites is 2. The van der Waals surface area contributed by atoms with E-state index in [0.29, 0.717) is 0 Å². The third-order valence-electron chi connectivity index (χ3n) is 3.41. The first kappa shape index (κ1) is 16.5. The highest BCUT2D eigenvalue weighted by Gasteiger charge is 2.08. The second-order valence-corrected chi connectivity index (χ2v) is 5.30. The zero-order valence-electron chi connectivity index (χ0n) is 13.3. The van der Waals surface area contributed by atoms with Crippen LogP contribution in [-0.2, 0) is 9.59 Å². The number of amides is 1. The van der Waals surface area contributed by atoms with Crippen molar-refractivity contribution in [3.8, 4) is 0 Å². The van der Waals surface area contributed by atoms with Crippen molar-refractivity contribution >= 4 is 23.1 Å². The highest BCUT2D eigenvalue weighted by molar-refractivity contribution is 6.08. The van der Waals surface area contributed by atoms with Gasteiger partial charge in [-0.3, -0.25) is 9.59 Å². The third-order valence-corrected chi connectivity index (χ3v) is 3.41. The summed E-state index contributed by atoms with van der Waals surface area (Å²) >= 11 is 0. The summed E-state index contributed by atoms with van der Waals surface area (Å²) in [4.78, 5) is 23.7. The summed E-state index contributed by atoms with van der Waals surface area (Å²) in [5, 5.41) is 5.79. The van der Waals surface area contributed by atoms with E-state index in [1.807, 2.05) is 62.4 Å². The minimum Gasteiger partial charge on any atom is -0.361 e. The molecule has 0 heterocycles. The number of rotatable bonds is 6. The zero-order chi connectivity index (χ0) is 16.7. The molecule has 0 atom stereocenters. The van der Waals surface area contributed by atoms with Gasteiger partial charge in [-0.25, -0.2) is 0 Å². The van der Waals surface area contributed by atoms with Gasteiger partial charge in [-0.05, 0) is 43.2 Å². The Kier molecular flexibility index (Phi) is 5.69. The van der Waals surface area contributed by atoms with Crippen LogP contribution < -0.4 is 10.6 Å². The molecule has 0 fully saturated rings. The fraction of sp³-hybridized carbons (Fsp3) is 0.158. The molecule has 0 aromatic heterocycles.